The summed E-state index contributed by atoms with van der Waals surface area (Å²) < 4.78 is 9.94. The third kappa shape index (κ3) is 3.99. The smallest absolute Gasteiger partial charge is 0.293 e. The lowest BCUT2D eigenvalue weighted by Gasteiger charge is -2.11. The van der Waals surface area contributed by atoms with Crippen LogP contribution in [0.5, 0.6) is 11.5 Å². The van der Waals surface area contributed by atoms with Gasteiger partial charge in [0.05, 0.1) is 12.0 Å². The molecule has 8 heteroatoms. The van der Waals surface area contributed by atoms with Gasteiger partial charge in [-0.3, -0.25) is 14.5 Å². The number of carbonyl (C=O) groups excluding carboxylic acids is 2. The zero-order valence-corrected chi connectivity index (χ0v) is 14.2. The second kappa shape index (κ2) is 7.72. The molecule has 1 saturated heterocycles. The van der Waals surface area contributed by atoms with E-state index in [1.165, 1.54) is 25.3 Å². The van der Waals surface area contributed by atoms with E-state index in [1.54, 1.807) is 7.11 Å². The minimum absolute atomic E-state index is 0.136. The first-order chi connectivity index (χ1) is 11.0. The van der Waals surface area contributed by atoms with Gasteiger partial charge in [0.25, 0.3) is 11.1 Å². The van der Waals surface area contributed by atoms with E-state index >= 15 is 0 Å². The molecule has 23 heavy (non-hydrogen) atoms. The van der Waals surface area contributed by atoms with Crippen LogP contribution >= 0.6 is 23.4 Å². The second-order valence-electron chi connectivity index (χ2n) is 4.73. The van der Waals surface area contributed by atoms with Crippen molar-refractivity contribution < 1.29 is 24.2 Å². The highest BCUT2D eigenvalue weighted by atomic mass is 35.5. The predicted octanol–water partition coefficient (Wildman–Crippen LogP) is 3.13. The fourth-order valence-electron chi connectivity index (χ4n) is 2.06. The number of phenols is 1. The Bertz CT molecular complexity index is 662. The maximum Gasteiger partial charge on any atom is 0.293 e. The van der Waals surface area contributed by atoms with E-state index in [2.05, 4.69) is 0 Å². The van der Waals surface area contributed by atoms with Gasteiger partial charge in [-0.05, 0) is 30.3 Å². The van der Waals surface area contributed by atoms with Gasteiger partial charge in [-0.25, -0.2) is 0 Å². The molecule has 0 aromatic heterocycles. The molecule has 1 aromatic carbocycles. The van der Waals surface area contributed by atoms with E-state index in [-0.39, 0.29) is 21.6 Å². The van der Waals surface area contributed by atoms with Crippen LogP contribution in [0.15, 0.2) is 17.0 Å². The van der Waals surface area contributed by atoms with Gasteiger partial charge in [-0.2, -0.15) is 0 Å². The molecule has 124 valence electrons. The Labute approximate surface area is 143 Å². The molecule has 1 aliphatic rings. The number of ether oxygens (including phenoxy) is 2. The van der Waals surface area contributed by atoms with Crippen molar-refractivity contribution in [1.29, 1.82) is 0 Å². The van der Waals surface area contributed by atoms with Crippen LogP contribution in [-0.4, -0.2) is 48.5 Å². The minimum Gasteiger partial charge on any atom is -0.504 e. The molecule has 2 rings (SSSR count). The number of phenolic OH excluding ortho intramolecular Hbond substituents is 1. The molecule has 1 aliphatic heterocycles. The monoisotopic (exact) mass is 357 g/mol. The third-order valence-electron chi connectivity index (χ3n) is 3.18. The van der Waals surface area contributed by atoms with E-state index in [1.807, 2.05) is 0 Å². The molecule has 0 bridgehead atoms. The van der Waals surface area contributed by atoms with Crippen molar-refractivity contribution in [1.82, 2.24) is 4.90 Å². The molecule has 1 N–H and O–H groups in total. The molecule has 0 saturated carbocycles. The van der Waals surface area contributed by atoms with Gasteiger partial charge in [-0.1, -0.05) is 11.6 Å². The number of rotatable bonds is 6. The maximum atomic E-state index is 12.3. The first-order valence-electron chi connectivity index (χ1n) is 6.78. The molecule has 0 atom stereocenters. The van der Waals surface area contributed by atoms with Crippen molar-refractivity contribution in [2.75, 3.05) is 27.4 Å². The highest BCUT2D eigenvalue weighted by Gasteiger charge is 2.34. The number of hydrogen-bond donors (Lipinski definition) is 1. The maximum absolute atomic E-state index is 12.3. The summed E-state index contributed by atoms with van der Waals surface area (Å²) in [5.41, 5.74) is 0.316. The molecular weight excluding hydrogens is 342 g/mol. The Kier molecular flexibility index (Phi) is 5.92. The lowest BCUT2D eigenvalue weighted by atomic mass is 10.1. The van der Waals surface area contributed by atoms with Crippen LogP contribution < -0.4 is 4.74 Å². The van der Waals surface area contributed by atoms with Gasteiger partial charge >= 0.3 is 0 Å². The number of carbonyl (C=O) groups is 2. The molecule has 1 fully saturated rings. The van der Waals surface area contributed by atoms with Gasteiger partial charge in [-0.15, -0.1) is 0 Å². The fourth-order valence-corrected chi connectivity index (χ4v) is 3.13. The summed E-state index contributed by atoms with van der Waals surface area (Å²) in [6.07, 6.45) is 2.00. The van der Waals surface area contributed by atoms with Gasteiger partial charge in [0, 0.05) is 36.9 Å². The summed E-state index contributed by atoms with van der Waals surface area (Å²) >= 11 is 6.79. The van der Waals surface area contributed by atoms with E-state index in [4.69, 9.17) is 21.1 Å². The molecule has 0 unspecified atom stereocenters. The summed E-state index contributed by atoms with van der Waals surface area (Å²) in [7, 11) is 2.96. The zero-order valence-electron chi connectivity index (χ0n) is 12.7. The van der Waals surface area contributed by atoms with Crippen molar-refractivity contribution in [3.05, 3.63) is 27.6 Å². The molecule has 1 aromatic rings. The highest BCUT2D eigenvalue weighted by molar-refractivity contribution is 8.18. The summed E-state index contributed by atoms with van der Waals surface area (Å²) in [6.45, 7) is 0.758. The molecule has 1 heterocycles. The summed E-state index contributed by atoms with van der Waals surface area (Å²) in [5.74, 6) is -0.333. The van der Waals surface area contributed by atoms with E-state index in [0.717, 1.165) is 16.7 Å². The molecule has 0 spiro atoms. The average molecular weight is 358 g/mol. The fraction of sp³-hybridized carbons (Fsp3) is 0.333. The van der Waals surface area contributed by atoms with Crippen LogP contribution in [0, 0.1) is 0 Å². The van der Waals surface area contributed by atoms with E-state index in [0.29, 0.717) is 30.2 Å². The molecule has 2 amide bonds. The first kappa shape index (κ1) is 17.7. The summed E-state index contributed by atoms with van der Waals surface area (Å²) in [4.78, 5) is 25.6. The van der Waals surface area contributed by atoms with Crippen molar-refractivity contribution in [2.24, 2.45) is 0 Å². The van der Waals surface area contributed by atoms with Gasteiger partial charge in [0.2, 0.25) is 0 Å². The van der Waals surface area contributed by atoms with Crippen LogP contribution in [-0.2, 0) is 9.53 Å². The Balaban J connectivity index is 2.26. The topological polar surface area (TPSA) is 76.1 Å². The van der Waals surface area contributed by atoms with E-state index < -0.39 is 5.91 Å². The second-order valence-corrected chi connectivity index (χ2v) is 6.16. The van der Waals surface area contributed by atoms with Crippen LogP contribution in [0.25, 0.3) is 6.08 Å². The van der Waals surface area contributed by atoms with Crippen LogP contribution in [0.3, 0.4) is 0 Å². The highest BCUT2D eigenvalue weighted by Crippen LogP contribution is 2.38. The van der Waals surface area contributed by atoms with Crippen molar-refractivity contribution in [3.63, 3.8) is 0 Å². The Morgan fingerprint density at radius 1 is 1.35 bits per heavy atom. The zero-order chi connectivity index (χ0) is 17.0. The number of nitrogens with zero attached hydrogens (tertiary/aromatic N) is 1. The largest absolute Gasteiger partial charge is 0.504 e. The van der Waals surface area contributed by atoms with Crippen molar-refractivity contribution >= 4 is 40.6 Å². The van der Waals surface area contributed by atoms with Crippen molar-refractivity contribution in [2.45, 2.75) is 6.42 Å². The van der Waals surface area contributed by atoms with Gasteiger partial charge in [0.1, 0.15) is 0 Å². The summed E-state index contributed by atoms with van der Waals surface area (Å²) in [5, 5.41) is 10.1. The Hall–Kier alpha value is -1.70. The lowest BCUT2D eigenvalue weighted by molar-refractivity contribution is -0.122. The van der Waals surface area contributed by atoms with Crippen LogP contribution in [0.2, 0.25) is 5.02 Å². The van der Waals surface area contributed by atoms with Gasteiger partial charge in [0.15, 0.2) is 11.5 Å². The lowest BCUT2D eigenvalue weighted by Crippen LogP contribution is -2.29. The normalized spacial score (nSPS) is 16.5. The summed E-state index contributed by atoms with van der Waals surface area (Å²) in [6, 6.07) is 2.96. The van der Waals surface area contributed by atoms with Crippen LogP contribution in [0.4, 0.5) is 4.79 Å². The standard InChI is InChI=1S/C15H16ClNO5S/c1-21-5-3-4-17-14(19)12(23-15(17)20)7-9-6-10(16)8-11(22-2)13(9)18/h6-8,18H,3-5H2,1-2H3/b12-7+. The molecular formula is C15H16ClNO5S. The number of hydrogen-bond acceptors (Lipinski definition) is 6. The number of halogens is 1. The number of methoxy groups -OCH3 is 2. The number of aromatic hydroxyl groups is 1. The third-order valence-corrected chi connectivity index (χ3v) is 4.31. The predicted molar refractivity (Wildman–Crippen MR) is 88.8 cm³/mol. The average Bonchev–Trinajstić information content (AvgIpc) is 2.78. The molecule has 0 radical (unpaired) electrons. The number of amides is 2. The number of benzene rings is 1. The SMILES string of the molecule is COCCCN1C(=O)S/C(=C/c2cc(Cl)cc(OC)c2O)C1=O. The van der Waals surface area contributed by atoms with Crippen molar-refractivity contribution in [3.8, 4) is 11.5 Å². The number of imide groups is 1. The molecule has 6 nitrogen and oxygen atoms in total. The first-order valence-corrected chi connectivity index (χ1v) is 7.98. The van der Waals surface area contributed by atoms with Crippen LogP contribution in [0.1, 0.15) is 12.0 Å². The molecule has 0 aliphatic carbocycles. The minimum atomic E-state index is -0.394. The quantitative estimate of drug-likeness (QED) is 0.622. The number of thioether (sulfide) groups is 1. The van der Waals surface area contributed by atoms with E-state index in [9.17, 15) is 14.7 Å². The van der Waals surface area contributed by atoms with Gasteiger partial charge < -0.3 is 14.6 Å². The Morgan fingerprint density at radius 3 is 2.74 bits per heavy atom. The Morgan fingerprint density at radius 2 is 2.09 bits per heavy atom.